The van der Waals surface area contributed by atoms with Crippen LogP contribution in [0.1, 0.15) is 18.1 Å². The normalized spacial score (nSPS) is 13.4. The van der Waals surface area contributed by atoms with Gasteiger partial charge in [-0.25, -0.2) is 0 Å². The molecule has 0 radical (unpaired) electrons. The van der Waals surface area contributed by atoms with E-state index in [0.717, 1.165) is 68.4 Å². The molecular weight excluding hydrogens is 480 g/mol. The molecule has 1 aliphatic rings. The first-order valence-corrected chi connectivity index (χ1v) is 10.4. The lowest BCUT2D eigenvalue weighted by molar-refractivity contribution is 0.240. The zero-order valence-corrected chi connectivity index (χ0v) is 21.0. The number of halogens is 4. The van der Waals surface area contributed by atoms with Crippen LogP contribution in [0.15, 0.2) is 42.5 Å². The van der Waals surface area contributed by atoms with Crippen LogP contribution < -0.4 is 20.1 Å². The summed E-state index contributed by atoms with van der Waals surface area (Å²) in [6.07, 6.45) is 0. The summed E-state index contributed by atoms with van der Waals surface area (Å²) in [7, 11) is 0. The van der Waals surface area contributed by atoms with Crippen LogP contribution in [0.5, 0.6) is 11.5 Å². The zero-order chi connectivity index (χ0) is 19.6. The van der Waals surface area contributed by atoms with E-state index < -0.39 is 0 Å². The van der Waals surface area contributed by atoms with Gasteiger partial charge in [0.25, 0.3) is 0 Å². The minimum atomic E-state index is 0. The first-order valence-electron chi connectivity index (χ1n) is 10.0. The van der Waals surface area contributed by atoms with E-state index in [-0.39, 0.29) is 37.2 Å². The Hall–Kier alpha value is -0.920. The van der Waals surface area contributed by atoms with Gasteiger partial charge in [-0.2, -0.15) is 0 Å². The van der Waals surface area contributed by atoms with Crippen LogP contribution in [0.2, 0.25) is 5.02 Å². The second-order valence-electron chi connectivity index (χ2n) is 6.83. The molecule has 2 N–H and O–H groups in total. The average Bonchev–Trinajstić information content (AvgIpc) is 2.73. The van der Waals surface area contributed by atoms with E-state index >= 15 is 0 Å². The van der Waals surface area contributed by atoms with Crippen molar-refractivity contribution >= 4 is 48.8 Å². The smallest absolute Gasteiger partial charge is 0.166 e. The predicted molar refractivity (Wildman–Crippen MR) is 136 cm³/mol. The fourth-order valence-electron chi connectivity index (χ4n) is 3.29. The number of hydrogen-bond donors (Lipinski definition) is 2. The highest BCUT2D eigenvalue weighted by Gasteiger charge is 2.13. The van der Waals surface area contributed by atoms with Gasteiger partial charge < -0.3 is 20.1 Å². The van der Waals surface area contributed by atoms with Gasteiger partial charge in [0.1, 0.15) is 6.61 Å². The van der Waals surface area contributed by atoms with Crippen LogP contribution in [-0.2, 0) is 13.2 Å². The number of rotatable bonds is 10. The van der Waals surface area contributed by atoms with E-state index in [9.17, 15) is 0 Å². The third kappa shape index (κ3) is 9.62. The van der Waals surface area contributed by atoms with Gasteiger partial charge in [-0.1, -0.05) is 41.9 Å². The van der Waals surface area contributed by atoms with Crippen molar-refractivity contribution in [3.63, 3.8) is 0 Å². The molecule has 2 aromatic rings. The lowest BCUT2D eigenvalue weighted by Crippen LogP contribution is -2.45. The largest absolute Gasteiger partial charge is 0.490 e. The molecule has 2 aromatic carbocycles. The minimum absolute atomic E-state index is 0. The summed E-state index contributed by atoms with van der Waals surface area (Å²) in [5.41, 5.74) is 2.06. The summed E-state index contributed by atoms with van der Waals surface area (Å²) in [4.78, 5) is 2.48. The van der Waals surface area contributed by atoms with Crippen molar-refractivity contribution < 1.29 is 9.47 Å². The lowest BCUT2D eigenvalue weighted by Gasteiger charge is -2.27. The average molecular weight is 513 g/mol. The van der Waals surface area contributed by atoms with Crippen LogP contribution in [0.4, 0.5) is 0 Å². The molecule has 0 saturated carbocycles. The van der Waals surface area contributed by atoms with E-state index in [2.05, 4.69) is 21.6 Å². The van der Waals surface area contributed by atoms with Crippen molar-refractivity contribution in [2.75, 3.05) is 45.9 Å². The number of ether oxygens (including phenoxy) is 2. The maximum atomic E-state index is 6.27. The number of nitrogens with zero attached hydrogens (tertiary/aromatic N) is 1. The fourth-order valence-corrected chi connectivity index (χ4v) is 3.48. The Morgan fingerprint density at radius 2 is 1.68 bits per heavy atom. The summed E-state index contributed by atoms with van der Waals surface area (Å²) in [5, 5.41) is 7.65. The maximum Gasteiger partial charge on any atom is 0.166 e. The van der Waals surface area contributed by atoms with Crippen molar-refractivity contribution in [1.82, 2.24) is 15.5 Å². The molecular formula is C22H33Cl4N3O2. The SMILES string of the molecule is CCOc1cccc(CNCCN2CCNCC2)c1OCc1ccccc1Cl.Cl.Cl.Cl. The molecule has 5 nitrogen and oxygen atoms in total. The third-order valence-corrected chi connectivity index (χ3v) is 5.19. The van der Waals surface area contributed by atoms with Crippen LogP contribution in [0, 0.1) is 0 Å². The summed E-state index contributed by atoms with van der Waals surface area (Å²) in [6.45, 7) is 10.1. The van der Waals surface area contributed by atoms with Gasteiger partial charge in [0.2, 0.25) is 0 Å². The molecule has 1 aliphatic heterocycles. The Bertz CT molecular complexity index is 746. The van der Waals surface area contributed by atoms with Gasteiger partial charge >= 0.3 is 0 Å². The van der Waals surface area contributed by atoms with Crippen LogP contribution >= 0.6 is 48.8 Å². The first-order chi connectivity index (χ1) is 13.8. The van der Waals surface area contributed by atoms with E-state index in [1.807, 2.05) is 43.3 Å². The molecule has 176 valence electrons. The number of benzene rings is 2. The molecule has 1 heterocycles. The molecule has 0 atom stereocenters. The molecule has 1 fully saturated rings. The minimum Gasteiger partial charge on any atom is -0.490 e. The summed E-state index contributed by atoms with van der Waals surface area (Å²) >= 11 is 6.27. The highest BCUT2D eigenvalue weighted by Crippen LogP contribution is 2.32. The zero-order valence-electron chi connectivity index (χ0n) is 17.8. The van der Waals surface area contributed by atoms with Gasteiger partial charge in [-0.05, 0) is 19.1 Å². The van der Waals surface area contributed by atoms with E-state index in [1.165, 1.54) is 0 Å². The Balaban J connectivity index is 0.00000300. The van der Waals surface area contributed by atoms with Gasteiger partial charge in [-0.15, -0.1) is 37.2 Å². The molecule has 0 unspecified atom stereocenters. The highest BCUT2D eigenvalue weighted by atomic mass is 35.5. The van der Waals surface area contributed by atoms with E-state index in [0.29, 0.717) is 18.2 Å². The second-order valence-corrected chi connectivity index (χ2v) is 7.23. The van der Waals surface area contributed by atoms with Crippen molar-refractivity contribution in [3.8, 4) is 11.5 Å². The Kier molecular flexibility index (Phi) is 16.2. The number of nitrogens with one attached hydrogen (secondary N) is 2. The topological polar surface area (TPSA) is 45.8 Å². The standard InChI is InChI=1S/C22H30ClN3O2.3ClH/c1-2-27-21-9-5-7-18(16-25-12-15-26-13-10-24-11-14-26)22(21)28-17-19-6-3-4-8-20(19)23;;;/h3-9,24-25H,2,10-17H2,1H3;3*1H. The van der Waals surface area contributed by atoms with Crippen LogP contribution in [0.3, 0.4) is 0 Å². The highest BCUT2D eigenvalue weighted by molar-refractivity contribution is 6.31. The monoisotopic (exact) mass is 511 g/mol. The molecule has 31 heavy (non-hydrogen) atoms. The van der Waals surface area contributed by atoms with Crippen molar-refractivity contribution in [1.29, 1.82) is 0 Å². The van der Waals surface area contributed by atoms with E-state index in [4.69, 9.17) is 21.1 Å². The Morgan fingerprint density at radius 3 is 2.39 bits per heavy atom. The molecule has 1 saturated heterocycles. The summed E-state index contributed by atoms with van der Waals surface area (Å²) in [6, 6.07) is 13.8. The van der Waals surface area contributed by atoms with Gasteiger partial charge in [0.15, 0.2) is 11.5 Å². The molecule has 0 spiro atoms. The van der Waals surface area contributed by atoms with Gasteiger partial charge in [0, 0.05) is 62.0 Å². The molecule has 0 aromatic heterocycles. The molecule has 3 rings (SSSR count). The number of hydrogen-bond acceptors (Lipinski definition) is 5. The molecule has 0 aliphatic carbocycles. The van der Waals surface area contributed by atoms with E-state index in [1.54, 1.807) is 0 Å². The van der Waals surface area contributed by atoms with Crippen molar-refractivity contribution in [2.45, 2.75) is 20.1 Å². The van der Waals surface area contributed by atoms with Gasteiger partial charge in [0.05, 0.1) is 6.61 Å². The summed E-state index contributed by atoms with van der Waals surface area (Å²) < 4.78 is 12.0. The Labute approximate surface area is 209 Å². The predicted octanol–water partition coefficient (Wildman–Crippen LogP) is 4.58. The van der Waals surface area contributed by atoms with Gasteiger partial charge in [-0.3, -0.25) is 4.90 Å². The molecule has 0 bridgehead atoms. The quantitative estimate of drug-likeness (QED) is 0.456. The number of para-hydroxylation sites is 1. The first kappa shape index (κ1) is 30.1. The van der Waals surface area contributed by atoms with Crippen molar-refractivity contribution in [3.05, 3.63) is 58.6 Å². The third-order valence-electron chi connectivity index (χ3n) is 4.82. The second kappa shape index (κ2) is 16.7. The van der Waals surface area contributed by atoms with Crippen molar-refractivity contribution in [2.24, 2.45) is 0 Å². The summed E-state index contributed by atoms with van der Waals surface area (Å²) in [5.74, 6) is 1.56. The number of piperazine rings is 1. The van der Waals surface area contributed by atoms with Crippen LogP contribution in [-0.4, -0.2) is 50.8 Å². The Morgan fingerprint density at radius 1 is 0.968 bits per heavy atom. The molecule has 0 amide bonds. The molecule has 9 heteroatoms. The maximum absolute atomic E-state index is 6.27. The fraction of sp³-hybridized carbons (Fsp3) is 0.455. The lowest BCUT2D eigenvalue weighted by atomic mass is 10.1. The van der Waals surface area contributed by atoms with Crippen LogP contribution in [0.25, 0.3) is 0 Å².